The van der Waals surface area contributed by atoms with Crippen LogP contribution in [0, 0.1) is 5.92 Å². The van der Waals surface area contributed by atoms with Crippen LogP contribution >= 0.6 is 0 Å². The first kappa shape index (κ1) is 10.0. The van der Waals surface area contributed by atoms with Gasteiger partial charge in [0.2, 0.25) is 0 Å². The molecule has 0 spiro atoms. The van der Waals surface area contributed by atoms with E-state index < -0.39 is 5.79 Å². The van der Waals surface area contributed by atoms with E-state index in [4.69, 9.17) is 9.47 Å². The van der Waals surface area contributed by atoms with E-state index in [1.54, 1.807) is 0 Å². The van der Waals surface area contributed by atoms with E-state index in [0.29, 0.717) is 12.0 Å². The molecule has 0 N–H and O–H groups in total. The highest BCUT2D eigenvalue weighted by atomic mass is 16.7. The van der Waals surface area contributed by atoms with Crippen molar-refractivity contribution in [2.45, 2.75) is 52.4 Å². The summed E-state index contributed by atoms with van der Waals surface area (Å²) in [6.45, 7) is 9.17. The Balaban J connectivity index is 2.53. The maximum absolute atomic E-state index is 5.77. The Hall–Kier alpha value is -0.0800. The van der Waals surface area contributed by atoms with Gasteiger partial charge in [0.1, 0.15) is 0 Å². The molecular weight excluding hydrogens is 152 g/mol. The first-order valence-corrected chi connectivity index (χ1v) is 4.83. The van der Waals surface area contributed by atoms with Crippen LogP contribution in [0.25, 0.3) is 0 Å². The molecule has 1 aliphatic rings. The Bertz CT molecular complexity index is 143. The molecule has 0 saturated carbocycles. The standard InChI is InChI=1S/C10H20O2/c1-8-6-5-7-11-10(3,4)12-9(8)2/h8-9H,5-7H2,1-4H3. The molecule has 72 valence electrons. The Morgan fingerprint density at radius 1 is 1.25 bits per heavy atom. The number of hydrogen-bond acceptors (Lipinski definition) is 2. The second-order valence-electron chi connectivity index (χ2n) is 4.19. The lowest BCUT2D eigenvalue weighted by molar-refractivity contribution is -0.250. The van der Waals surface area contributed by atoms with Crippen LogP contribution in [-0.2, 0) is 9.47 Å². The minimum Gasteiger partial charge on any atom is -0.351 e. The van der Waals surface area contributed by atoms with E-state index in [2.05, 4.69) is 13.8 Å². The van der Waals surface area contributed by atoms with E-state index in [1.165, 1.54) is 6.42 Å². The van der Waals surface area contributed by atoms with Crippen molar-refractivity contribution < 1.29 is 9.47 Å². The third-order valence-corrected chi connectivity index (χ3v) is 2.52. The molecule has 1 saturated heterocycles. The van der Waals surface area contributed by atoms with Crippen LogP contribution in [0.5, 0.6) is 0 Å². The molecule has 0 aromatic heterocycles. The van der Waals surface area contributed by atoms with Gasteiger partial charge in [-0.15, -0.1) is 0 Å². The average molecular weight is 172 g/mol. The van der Waals surface area contributed by atoms with Gasteiger partial charge in [0.15, 0.2) is 5.79 Å². The summed E-state index contributed by atoms with van der Waals surface area (Å²) in [4.78, 5) is 0. The van der Waals surface area contributed by atoms with Crippen LogP contribution in [0.4, 0.5) is 0 Å². The van der Waals surface area contributed by atoms with Crippen molar-refractivity contribution in [2.24, 2.45) is 5.92 Å². The molecule has 1 fully saturated rings. The van der Waals surface area contributed by atoms with Crippen LogP contribution in [-0.4, -0.2) is 18.5 Å². The molecule has 12 heavy (non-hydrogen) atoms. The van der Waals surface area contributed by atoms with Crippen LogP contribution in [0.2, 0.25) is 0 Å². The molecule has 2 unspecified atom stereocenters. The highest BCUT2D eigenvalue weighted by Gasteiger charge is 2.27. The molecule has 0 bridgehead atoms. The fourth-order valence-electron chi connectivity index (χ4n) is 1.56. The molecule has 2 nitrogen and oxygen atoms in total. The molecule has 0 aliphatic carbocycles. The smallest absolute Gasteiger partial charge is 0.163 e. The zero-order valence-corrected chi connectivity index (χ0v) is 8.59. The molecule has 2 atom stereocenters. The van der Waals surface area contributed by atoms with Gasteiger partial charge in [-0.2, -0.15) is 0 Å². The number of hydrogen-bond donors (Lipinski definition) is 0. The van der Waals surface area contributed by atoms with Crippen LogP contribution in [0.15, 0.2) is 0 Å². The Morgan fingerprint density at radius 2 is 1.92 bits per heavy atom. The van der Waals surface area contributed by atoms with Crippen molar-refractivity contribution in [1.29, 1.82) is 0 Å². The Kier molecular flexibility index (Phi) is 3.13. The number of rotatable bonds is 0. The first-order chi connectivity index (χ1) is 5.51. The predicted molar refractivity (Wildman–Crippen MR) is 49.0 cm³/mol. The van der Waals surface area contributed by atoms with Gasteiger partial charge in [-0.1, -0.05) is 6.92 Å². The third-order valence-electron chi connectivity index (χ3n) is 2.52. The van der Waals surface area contributed by atoms with E-state index in [9.17, 15) is 0 Å². The summed E-state index contributed by atoms with van der Waals surface area (Å²) in [5.41, 5.74) is 0. The zero-order chi connectivity index (χ0) is 9.19. The molecule has 1 aliphatic heterocycles. The summed E-state index contributed by atoms with van der Waals surface area (Å²) in [6.07, 6.45) is 2.66. The molecule has 0 amide bonds. The summed E-state index contributed by atoms with van der Waals surface area (Å²) < 4.78 is 11.3. The molecule has 0 radical (unpaired) electrons. The first-order valence-electron chi connectivity index (χ1n) is 4.83. The zero-order valence-electron chi connectivity index (χ0n) is 8.59. The molecule has 1 rings (SSSR count). The molecule has 1 heterocycles. The van der Waals surface area contributed by atoms with E-state index >= 15 is 0 Å². The quantitative estimate of drug-likeness (QED) is 0.559. The van der Waals surface area contributed by atoms with Gasteiger partial charge in [0.25, 0.3) is 0 Å². The SMILES string of the molecule is CC1CCCOC(C)(C)OC1C. The van der Waals surface area contributed by atoms with Gasteiger partial charge >= 0.3 is 0 Å². The Labute approximate surface area is 75.2 Å². The van der Waals surface area contributed by atoms with Crippen LogP contribution < -0.4 is 0 Å². The summed E-state index contributed by atoms with van der Waals surface area (Å²) in [6, 6.07) is 0. The largest absolute Gasteiger partial charge is 0.351 e. The van der Waals surface area contributed by atoms with Crippen molar-refractivity contribution in [1.82, 2.24) is 0 Å². The van der Waals surface area contributed by atoms with Crippen molar-refractivity contribution in [3.05, 3.63) is 0 Å². The van der Waals surface area contributed by atoms with Gasteiger partial charge in [0.05, 0.1) is 12.7 Å². The lowest BCUT2D eigenvalue weighted by Crippen LogP contribution is -2.37. The minimum absolute atomic E-state index is 0.306. The molecule has 2 heteroatoms. The normalized spacial score (nSPS) is 37.0. The summed E-state index contributed by atoms with van der Waals surface area (Å²) >= 11 is 0. The van der Waals surface area contributed by atoms with Gasteiger partial charge in [-0.3, -0.25) is 0 Å². The minimum atomic E-state index is -0.395. The van der Waals surface area contributed by atoms with Gasteiger partial charge in [0, 0.05) is 0 Å². The van der Waals surface area contributed by atoms with Crippen molar-refractivity contribution >= 4 is 0 Å². The van der Waals surface area contributed by atoms with Gasteiger partial charge in [-0.05, 0) is 39.5 Å². The Morgan fingerprint density at radius 3 is 2.58 bits per heavy atom. The van der Waals surface area contributed by atoms with Crippen LogP contribution in [0.3, 0.4) is 0 Å². The van der Waals surface area contributed by atoms with Crippen molar-refractivity contribution in [2.75, 3.05) is 6.61 Å². The van der Waals surface area contributed by atoms with E-state index in [1.807, 2.05) is 13.8 Å². The molecule has 0 aromatic carbocycles. The average Bonchev–Trinajstić information content (AvgIpc) is 1.95. The molecular formula is C10H20O2. The van der Waals surface area contributed by atoms with Crippen molar-refractivity contribution in [3.63, 3.8) is 0 Å². The van der Waals surface area contributed by atoms with Gasteiger partial charge in [-0.25, -0.2) is 0 Å². The third kappa shape index (κ3) is 2.76. The van der Waals surface area contributed by atoms with E-state index in [-0.39, 0.29) is 0 Å². The fourth-order valence-corrected chi connectivity index (χ4v) is 1.56. The number of ether oxygens (including phenoxy) is 2. The van der Waals surface area contributed by atoms with Gasteiger partial charge < -0.3 is 9.47 Å². The second kappa shape index (κ2) is 3.75. The van der Waals surface area contributed by atoms with Crippen LogP contribution in [0.1, 0.15) is 40.5 Å². The maximum Gasteiger partial charge on any atom is 0.163 e. The maximum atomic E-state index is 5.77. The summed E-state index contributed by atoms with van der Waals surface area (Å²) in [5, 5.41) is 0. The van der Waals surface area contributed by atoms with E-state index in [0.717, 1.165) is 13.0 Å². The topological polar surface area (TPSA) is 18.5 Å². The highest BCUT2D eigenvalue weighted by molar-refractivity contribution is 4.68. The lowest BCUT2D eigenvalue weighted by Gasteiger charge is -2.34. The summed E-state index contributed by atoms with van der Waals surface area (Å²) in [5.74, 6) is 0.252. The summed E-state index contributed by atoms with van der Waals surface area (Å²) in [7, 11) is 0. The predicted octanol–water partition coefficient (Wildman–Crippen LogP) is 2.57. The highest BCUT2D eigenvalue weighted by Crippen LogP contribution is 2.24. The lowest BCUT2D eigenvalue weighted by atomic mass is 9.99. The van der Waals surface area contributed by atoms with Crippen molar-refractivity contribution in [3.8, 4) is 0 Å². The fraction of sp³-hybridized carbons (Fsp3) is 1.00. The molecule has 0 aromatic rings. The monoisotopic (exact) mass is 172 g/mol. The second-order valence-corrected chi connectivity index (χ2v) is 4.19.